The third-order valence-corrected chi connectivity index (χ3v) is 2.71. The monoisotopic (exact) mass is 292 g/mol. The molecule has 2 heterocycles. The van der Waals surface area contributed by atoms with Crippen LogP contribution in [0.25, 0.3) is 0 Å². The number of aryl methyl sites for hydroxylation is 1. The van der Waals surface area contributed by atoms with Gasteiger partial charge in [0.15, 0.2) is 0 Å². The predicted molar refractivity (Wildman–Crippen MR) is 72.8 cm³/mol. The fourth-order valence-electron chi connectivity index (χ4n) is 1.58. The third-order valence-electron chi connectivity index (χ3n) is 2.44. The van der Waals surface area contributed by atoms with Gasteiger partial charge in [0.25, 0.3) is 5.91 Å². The minimum Gasteiger partial charge on any atom is -0.306 e. The maximum atomic E-state index is 12.1. The lowest BCUT2D eigenvalue weighted by Gasteiger charge is -2.06. The first-order valence-electron chi connectivity index (χ1n) is 5.53. The first-order valence-corrected chi connectivity index (χ1v) is 5.90. The Bertz CT molecular complexity index is 690. The van der Waals surface area contributed by atoms with Gasteiger partial charge in [0.2, 0.25) is 5.15 Å². The van der Waals surface area contributed by atoms with Crippen molar-refractivity contribution < 1.29 is 9.72 Å². The van der Waals surface area contributed by atoms with E-state index < -0.39 is 16.5 Å². The van der Waals surface area contributed by atoms with Crippen LogP contribution in [0.1, 0.15) is 16.1 Å². The Morgan fingerprint density at radius 2 is 2.15 bits per heavy atom. The van der Waals surface area contributed by atoms with Gasteiger partial charge in [-0.3, -0.25) is 14.9 Å². The van der Waals surface area contributed by atoms with Crippen molar-refractivity contribution in [3.63, 3.8) is 0 Å². The number of amides is 1. The molecule has 0 aliphatic heterocycles. The van der Waals surface area contributed by atoms with Crippen LogP contribution in [-0.2, 0) is 0 Å². The summed E-state index contributed by atoms with van der Waals surface area (Å²) in [5, 5.41) is 13.1. The average molecular weight is 293 g/mol. The van der Waals surface area contributed by atoms with Crippen LogP contribution in [0.4, 0.5) is 11.5 Å². The lowest BCUT2D eigenvalue weighted by Crippen LogP contribution is -2.15. The molecular formula is C12H9ClN4O3. The minimum atomic E-state index is -0.742. The quantitative estimate of drug-likeness (QED) is 0.532. The van der Waals surface area contributed by atoms with E-state index in [2.05, 4.69) is 15.3 Å². The van der Waals surface area contributed by atoms with Crippen molar-refractivity contribution in [3.8, 4) is 0 Å². The Balaban J connectivity index is 2.35. The highest BCUT2D eigenvalue weighted by Crippen LogP contribution is 2.26. The molecule has 8 heteroatoms. The normalized spacial score (nSPS) is 10.1. The van der Waals surface area contributed by atoms with Crippen LogP contribution in [0.5, 0.6) is 0 Å². The zero-order valence-electron chi connectivity index (χ0n) is 10.3. The Labute approximate surface area is 118 Å². The van der Waals surface area contributed by atoms with E-state index >= 15 is 0 Å². The van der Waals surface area contributed by atoms with Gasteiger partial charge in [-0.15, -0.1) is 0 Å². The summed E-state index contributed by atoms with van der Waals surface area (Å²) in [6.45, 7) is 1.77. The molecular weight excluding hydrogens is 284 g/mol. The molecule has 0 saturated carbocycles. The molecule has 7 nitrogen and oxygen atoms in total. The Morgan fingerprint density at radius 1 is 1.40 bits per heavy atom. The van der Waals surface area contributed by atoms with Crippen molar-refractivity contribution >= 4 is 29.0 Å². The molecule has 0 bridgehead atoms. The molecule has 2 aromatic rings. The Kier molecular flexibility index (Phi) is 3.90. The molecule has 0 radical (unpaired) electrons. The summed E-state index contributed by atoms with van der Waals surface area (Å²) < 4.78 is 0. The number of hydrogen-bond acceptors (Lipinski definition) is 5. The number of hydrogen-bond donors (Lipinski definition) is 1. The van der Waals surface area contributed by atoms with E-state index in [1.54, 1.807) is 25.1 Å². The van der Waals surface area contributed by atoms with E-state index in [-0.39, 0.29) is 10.7 Å². The zero-order chi connectivity index (χ0) is 14.7. The van der Waals surface area contributed by atoms with Gasteiger partial charge in [-0.1, -0.05) is 17.7 Å². The van der Waals surface area contributed by atoms with E-state index in [1.165, 1.54) is 12.3 Å². The predicted octanol–water partition coefficient (Wildman–Crippen LogP) is 2.60. The Morgan fingerprint density at radius 3 is 2.80 bits per heavy atom. The summed E-state index contributed by atoms with van der Waals surface area (Å²) in [7, 11) is 0. The number of halogens is 1. The number of carbonyl (C=O) groups is 1. The van der Waals surface area contributed by atoms with Gasteiger partial charge in [-0.05, 0) is 25.1 Å². The largest absolute Gasteiger partial charge is 0.319 e. The highest BCUT2D eigenvalue weighted by atomic mass is 35.5. The molecule has 2 rings (SSSR count). The van der Waals surface area contributed by atoms with Gasteiger partial charge in [-0.25, -0.2) is 9.97 Å². The standard InChI is InChI=1S/C12H9ClN4O3/c1-7-3-2-4-9(15-7)16-12(18)8-5-6-14-11(13)10(8)17(19)20/h2-6H,1H3,(H,15,16,18). The third kappa shape index (κ3) is 2.89. The van der Waals surface area contributed by atoms with Gasteiger partial charge >= 0.3 is 5.69 Å². The number of rotatable bonds is 3. The van der Waals surface area contributed by atoms with Crippen LogP contribution >= 0.6 is 11.6 Å². The lowest BCUT2D eigenvalue weighted by atomic mass is 10.2. The van der Waals surface area contributed by atoms with E-state index in [0.29, 0.717) is 11.5 Å². The van der Waals surface area contributed by atoms with Gasteiger partial charge in [-0.2, -0.15) is 0 Å². The second kappa shape index (κ2) is 5.62. The van der Waals surface area contributed by atoms with Crippen LogP contribution in [0.3, 0.4) is 0 Å². The van der Waals surface area contributed by atoms with Crippen molar-refractivity contribution in [2.45, 2.75) is 6.92 Å². The van der Waals surface area contributed by atoms with Crippen LogP contribution < -0.4 is 5.32 Å². The molecule has 20 heavy (non-hydrogen) atoms. The maximum Gasteiger partial charge on any atom is 0.319 e. The number of nitrogens with one attached hydrogen (secondary N) is 1. The second-order valence-corrected chi connectivity index (χ2v) is 4.23. The van der Waals surface area contributed by atoms with Crippen molar-refractivity contribution in [1.82, 2.24) is 9.97 Å². The van der Waals surface area contributed by atoms with Crippen LogP contribution in [-0.4, -0.2) is 20.8 Å². The van der Waals surface area contributed by atoms with Gasteiger partial charge < -0.3 is 5.32 Å². The van der Waals surface area contributed by atoms with Crippen LogP contribution in [0, 0.1) is 17.0 Å². The summed E-state index contributed by atoms with van der Waals surface area (Å²) in [4.78, 5) is 29.9. The summed E-state index contributed by atoms with van der Waals surface area (Å²) in [6.07, 6.45) is 1.23. The van der Waals surface area contributed by atoms with Crippen molar-refractivity contribution in [2.75, 3.05) is 5.32 Å². The Hall–Kier alpha value is -2.54. The SMILES string of the molecule is Cc1cccc(NC(=O)c2ccnc(Cl)c2[N+](=O)[O-])n1. The van der Waals surface area contributed by atoms with Crippen LogP contribution in [0.15, 0.2) is 30.5 Å². The van der Waals surface area contributed by atoms with Crippen LogP contribution in [0.2, 0.25) is 5.15 Å². The molecule has 1 N–H and O–H groups in total. The molecule has 0 spiro atoms. The first kappa shape index (κ1) is 13.9. The molecule has 0 aromatic carbocycles. The summed E-state index contributed by atoms with van der Waals surface area (Å²) in [5.74, 6) is -0.365. The summed E-state index contributed by atoms with van der Waals surface area (Å²) in [5.41, 5.74) is 0.0164. The van der Waals surface area contributed by atoms with E-state index in [1.807, 2.05) is 0 Å². The maximum absolute atomic E-state index is 12.1. The first-order chi connectivity index (χ1) is 9.49. The van der Waals surface area contributed by atoms with Crippen molar-refractivity contribution in [3.05, 3.63) is 57.0 Å². The van der Waals surface area contributed by atoms with E-state index in [0.717, 1.165) is 0 Å². The summed E-state index contributed by atoms with van der Waals surface area (Å²) >= 11 is 5.65. The zero-order valence-corrected chi connectivity index (χ0v) is 11.1. The lowest BCUT2D eigenvalue weighted by molar-refractivity contribution is -0.385. The van der Waals surface area contributed by atoms with E-state index in [9.17, 15) is 14.9 Å². The molecule has 0 fully saturated rings. The molecule has 0 saturated heterocycles. The van der Waals surface area contributed by atoms with E-state index in [4.69, 9.17) is 11.6 Å². The van der Waals surface area contributed by atoms with Crippen molar-refractivity contribution in [2.24, 2.45) is 0 Å². The average Bonchev–Trinajstić information content (AvgIpc) is 2.37. The number of nitro groups is 1. The second-order valence-electron chi connectivity index (χ2n) is 3.87. The number of anilines is 1. The molecule has 1 amide bonds. The fraction of sp³-hybridized carbons (Fsp3) is 0.0833. The van der Waals surface area contributed by atoms with Gasteiger partial charge in [0, 0.05) is 11.9 Å². The molecule has 0 aliphatic rings. The molecule has 0 atom stereocenters. The number of nitrogens with zero attached hydrogens (tertiary/aromatic N) is 3. The smallest absolute Gasteiger partial charge is 0.306 e. The number of pyridine rings is 2. The minimum absolute atomic E-state index is 0.168. The highest BCUT2D eigenvalue weighted by Gasteiger charge is 2.24. The molecule has 2 aromatic heterocycles. The molecule has 102 valence electrons. The fourth-order valence-corrected chi connectivity index (χ4v) is 1.81. The molecule has 0 unspecified atom stereocenters. The highest BCUT2D eigenvalue weighted by molar-refractivity contribution is 6.32. The number of aromatic nitrogens is 2. The van der Waals surface area contributed by atoms with Gasteiger partial charge in [0.1, 0.15) is 11.4 Å². The topological polar surface area (TPSA) is 98.0 Å². The summed E-state index contributed by atoms with van der Waals surface area (Å²) in [6, 6.07) is 6.29. The van der Waals surface area contributed by atoms with Gasteiger partial charge in [0.05, 0.1) is 4.92 Å². The van der Waals surface area contributed by atoms with Crippen molar-refractivity contribution in [1.29, 1.82) is 0 Å². The number of carbonyl (C=O) groups excluding carboxylic acids is 1. The molecule has 0 aliphatic carbocycles.